The van der Waals surface area contributed by atoms with Gasteiger partial charge in [0.05, 0.1) is 0 Å². The molecule has 0 saturated heterocycles. The van der Waals surface area contributed by atoms with Crippen LogP contribution < -0.4 is 21.7 Å². The first-order valence-corrected chi connectivity index (χ1v) is 5.72. The molecule has 100 valence electrons. The molecule has 0 atom stereocenters. The lowest BCUT2D eigenvalue weighted by molar-refractivity contribution is 0.259. The molecule has 1 aromatic heterocycles. The van der Waals surface area contributed by atoms with Gasteiger partial charge in [0.2, 0.25) is 17.8 Å². The summed E-state index contributed by atoms with van der Waals surface area (Å²) in [7, 11) is 0. The predicted molar refractivity (Wildman–Crippen MR) is 70.6 cm³/mol. The fourth-order valence-corrected chi connectivity index (χ4v) is 1.19. The molecule has 0 radical (unpaired) electrons. The van der Waals surface area contributed by atoms with Gasteiger partial charge in [0.1, 0.15) is 0 Å². The number of hydrogen-bond acceptors (Lipinski definition) is 6. The van der Waals surface area contributed by atoms with Crippen LogP contribution >= 0.6 is 0 Å². The van der Waals surface area contributed by atoms with Crippen molar-refractivity contribution in [3.05, 3.63) is 0 Å². The topological polar surface area (TPSA) is 118 Å². The molecule has 0 aromatic carbocycles. The summed E-state index contributed by atoms with van der Waals surface area (Å²) in [6.45, 7) is 7.84. The van der Waals surface area contributed by atoms with E-state index in [0.29, 0.717) is 11.9 Å². The number of hydrogen-bond donors (Lipinski definition) is 4. The van der Waals surface area contributed by atoms with E-state index in [1.54, 1.807) is 0 Å². The maximum atomic E-state index is 10.8. The van der Waals surface area contributed by atoms with Crippen LogP contribution in [0, 0.1) is 0 Å². The second-order valence-electron chi connectivity index (χ2n) is 4.39. The number of carbonyl (C=O) groups is 1. The van der Waals surface area contributed by atoms with Gasteiger partial charge < -0.3 is 16.4 Å². The van der Waals surface area contributed by atoms with Gasteiger partial charge in [-0.1, -0.05) is 0 Å². The zero-order chi connectivity index (χ0) is 13.7. The minimum absolute atomic E-state index is 0.115. The van der Waals surface area contributed by atoms with Crippen molar-refractivity contribution < 1.29 is 4.79 Å². The Morgan fingerprint density at radius 1 is 0.944 bits per heavy atom. The fraction of sp³-hybridized carbons (Fsp3) is 0.600. The Morgan fingerprint density at radius 3 is 1.67 bits per heavy atom. The molecular formula is C10H19N7O. The van der Waals surface area contributed by atoms with Crippen LogP contribution in [-0.2, 0) is 0 Å². The molecule has 2 amide bonds. The summed E-state index contributed by atoms with van der Waals surface area (Å²) >= 11 is 0. The third kappa shape index (κ3) is 4.81. The Balaban J connectivity index is 2.99. The maximum absolute atomic E-state index is 10.8. The Labute approximate surface area is 106 Å². The molecular weight excluding hydrogens is 234 g/mol. The Kier molecular flexibility index (Phi) is 4.64. The van der Waals surface area contributed by atoms with Gasteiger partial charge in [-0.25, -0.2) is 4.79 Å². The highest BCUT2D eigenvalue weighted by atomic mass is 16.2. The predicted octanol–water partition coefficient (Wildman–Crippen LogP) is 1.00. The number of amides is 2. The summed E-state index contributed by atoms with van der Waals surface area (Å²) in [5, 5.41) is 8.40. The smallest absolute Gasteiger partial charge is 0.319 e. The summed E-state index contributed by atoms with van der Waals surface area (Å²) in [6.07, 6.45) is 0. The quantitative estimate of drug-likeness (QED) is 0.622. The van der Waals surface area contributed by atoms with Crippen LogP contribution in [0.15, 0.2) is 0 Å². The van der Waals surface area contributed by atoms with Crippen LogP contribution in [0.5, 0.6) is 0 Å². The van der Waals surface area contributed by atoms with Gasteiger partial charge in [-0.2, -0.15) is 15.0 Å². The van der Waals surface area contributed by atoms with Gasteiger partial charge in [-0.3, -0.25) is 5.32 Å². The number of anilines is 3. The van der Waals surface area contributed by atoms with E-state index in [2.05, 4.69) is 30.9 Å². The molecule has 0 saturated carbocycles. The summed E-state index contributed by atoms with van der Waals surface area (Å²) < 4.78 is 0. The number of primary amides is 1. The van der Waals surface area contributed by atoms with Gasteiger partial charge in [-0.05, 0) is 27.7 Å². The summed E-state index contributed by atoms with van der Waals surface area (Å²) in [5.41, 5.74) is 5.04. The van der Waals surface area contributed by atoms with Gasteiger partial charge >= 0.3 is 6.03 Å². The number of rotatable bonds is 5. The standard InChI is InChI=1S/C10H19N7O/c1-5(2)12-8-15-9(13-6(3)4)17-10(16-8)14-7(11)18/h5-6H,1-4H3,(H5,11,12,13,14,15,16,17,18). The summed E-state index contributed by atoms with van der Waals surface area (Å²) in [6, 6.07) is -0.381. The molecule has 0 unspecified atom stereocenters. The monoisotopic (exact) mass is 253 g/mol. The molecule has 0 aliphatic carbocycles. The number of nitrogens with zero attached hydrogens (tertiary/aromatic N) is 3. The largest absolute Gasteiger partial charge is 0.352 e. The fourth-order valence-electron chi connectivity index (χ4n) is 1.19. The highest BCUT2D eigenvalue weighted by Crippen LogP contribution is 2.10. The summed E-state index contributed by atoms with van der Waals surface area (Å²) in [5.74, 6) is 0.877. The molecule has 0 aliphatic heterocycles. The van der Waals surface area contributed by atoms with Crippen molar-refractivity contribution in [1.82, 2.24) is 15.0 Å². The van der Waals surface area contributed by atoms with Crippen LogP contribution in [0.4, 0.5) is 22.6 Å². The van der Waals surface area contributed by atoms with E-state index in [0.717, 1.165) is 0 Å². The molecule has 18 heavy (non-hydrogen) atoms. The van der Waals surface area contributed by atoms with Crippen molar-refractivity contribution in [3.63, 3.8) is 0 Å². The van der Waals surface area contributed by atoms with E-state index in [1.165, 1.54) is 0 Å². The third-order valence-corrected chi connectivity index (χ3v) is 1.71. The minimum Gasteiger partial charge on any atom is -0.352 e. The van der Waals surface area contributed by atoms with E-state index in [4.69, 9.17) is 5.73 Å². The van der Waals surface area contributed by atoms with Gasteiger partial charge in [-0.15, -0.1) is 0 Å². The van der Waals surface area contributed by atoms with Crippen molar-refractivity contribution in [1.29, 1.82) is 0 Å². The molecule has 8 heteroatoms. The van der Waals surface area contributed by atoms with Crippen molar-refractivity contribution in [2.45, 2.75) is 39.8 Å². The molecule has 0 aliphatic rings. The number of urea groups is 1. The van der Waals surface area contributed by atoms with Crippen LogP contribution in [0.2, 0.25) is 0 Å². The Hall–Kier alpha value is -2.12. The van der Waals surface area contributed by atoms with Crippen molar-refractivity contribution in [2.24, 2.45) is 5.73 Å². The van der Waals surface area contributed by atoms with E-state index >= 15 is 0 Å². The second-order valence-corrected chi connectivity index (χ2v) is 4.39. The number of nitrogens with two attached hydrogens (primary N) is 1. The third-order valence-electron chi connectivity index (χ3n) is 1.71. The molecule has 0 fully saturated rings. The number of nitrogens with one attached hydrogen (secondary N) is 3. The van der Waals surface area contributed by atoms with E-state index in [-0.39, 0.29) is 18.0 Å². The maximum Gasteiger partial charge on any atom is 0.319 e. The molecule has 5 N–H and O–H groups in total. The second kappa shape index (κ2) is 5.99. The Bertz CT molecular complexity index is 390. The summed E-state index contributed by atoms with van der Waals surface area (Å²) in [4.78, 5) is 23.1. The highest BCUT2D eigenvalue weighted by molar-refractivity contribution is 5.85. The first-order chi connectivity index (χ1) is 8.36. The van der Waals surface area contributed by atoms with Crippen LogP contribution in [0.3, 0.4) is 0 Å². The number of aromatic nitrogens is 3. The van der Waals surface area contributed by atoms with E-state index < -0.39 is 6.03 Å². The van der Waals surface area contributed by atoms with Crippen molar-refractivity contribution in [2.75, 3.05) is 16.0 Å². The molecule has 1 heterocycles. The van der Waals surface area contributed by atoms with Gasteiger partial charge in [0, 0.05) is 12.1 Å². The molecule has 0 bridgehead atoms. The highest BCUT2D eigenvalue weighted by Gasteiger charge is 2.09. The average Bonchev–Trinajstić information content (AvgIpc) is 2.12. The first kappa shape index (κ1) is 13.9. The SMILES string of the molecule is CC(C)Nc1nc(NC(N)=O)nc(NC(C)C)n1. The molecule has 0 spiro atoms. The van der Waals surface area contributed by atoms with Crippen molar-refractivity contribution in [3.8, 4) is 0 Å². The van der Waals surface area contributed by atoms with E-state index in [1.807, 2.05) is 27.7 Å². The molecule has 1 aromatic rings. The molecule has 1 rings (SSSR count). The Morgan fingerprint density at radius 2 is 1.33 bits per heavy atom. The van der Waals surface area contributed by atoms with Gasteiger partial charge in [0.25, 0.3) is 0 Å². The van der Waals surface area contributed by atoms with Crippen LogP contribution in [0.25, 0.3) is 0 Å². The normalized spacial score (nSPS) is 10.6. The minimum atomic E-state index is -0.716. The van der Waals surface area contributed by atoms with E-state index in [9.17, 15) is 4.79 Å². The lowest BCUT2D eigenvalue weighted by Gasteiger charge is -2.13. The van der Waals surface area contributed by atoms with Gasteiger partial charge in [0.15, 0.2) is 0 Å². The average molecular weight is 253 g/mol. The number of carbonyl (C=O) groups excluding carboxylic acids is 1. The lowest BCUT2D eigenvalue weighted by atomic mass is 10.4. The molecule has 8 nitrogen and oxygen atoms in total. The lowest BCUT2D eigenvalue weighted by Crippen LogP contribution is -2.23. The van der Waals surface area contributed by atoms with Crippen LogP contribution in [-0.4, -0.2) is 33.1 Å². The van der Waals surface area contributed by atoms with Crippen molar-refractivity contribution >= 4 is 23.9 Å². The van der Waals surface area contributed by atoms with Crippen LogP contribution in [0.1, 0.15) is 27.7 Å². The zero-order valence-electron chi connectivity index (χ0n) is 11.0. The zero-order valence-corrected chi connectivity index (χ0v) is 11.0. The first-order valence-electron chi connectivity index (χ1n) is 5.72.